The van der Waals surface area contributed by atoms with Crippen LogP contribution in [-0.2, 0) is 7.05 Å². The lowest BCUT2D eigenvalue weighted by atomic mass is 10.2. The maximum Gasteiger partial charge on any atom is 0.339 e. The summed E-state index contributed by atoms with van der Waals surface area (Å²) in [6, 6.07) is 4.39. The number of carbonyl (C=O) groups excluding carboxylic acids is 1. The Hall–Kier alpha value is -2.70. The van der Waals surface area contributed by atoms with Crippen molar-refractivity contribution in [3.05, 3.63) is 41.9 Å². The molecule has 1 amide bonds. The number of pyridine rings is 1. The SMILES string of the molecule is Cn1nccc1C(=O)Nc1ncccc1C(=O)O. The molecule has 0 spiro atoms. The number of carbonyl (C=O) groups is 2. The van der Waals surface area contributed by atoms with Crippen LogP contribution in [0.2, 0.25) is 0 Å². The zero-order chi connectivity index (χ0) is 13.1. The molecule has 0 atom stereocenters. The van der Waals surface area contributed by atoms with Crippen LogP contribution >= 0.6 is 0 Å². The minimum Gasteiger partial charge on any atom is -0.478 e. The first-order valence-corrected chi connectivity index (χ1v) is 5.07. The Labute approximate surface area is 102 Å². The van der Waals surface area contributed by atoms with Gasteiger partial charge < -0.3 is 10.4 Å². The number of hydrogen-bond donors (Lipinski definition) is 2. The Morgan fingerprint density at radius 2 is 2.11 bits per heavy atom. The van der Waals surface area contributed by atoms with Crippen LogP contribution in [0.3, 0.4) is 0 Å². The molecule has 2 N–H and O–H groups in total. The molecule has 2 rings (SSSR count). The Bertz CT molecular complexity index is 606. The quantitative estimate of drug-likeness (QED) is 0.833. The van der Waals surface area contributed by atoms with E-state index in [4.69, 9.17) is 5.11 Å². The molecule has 7 heteroatoms. The maximum atomic E-state index is 11.9. The summed E-state index contributed by atoms with van der Waals surface area (Å²) >= 11 is 0. The molecule has 0 saturated carbocycles. The fraction of sp³-hybridized carbons (Fsp3) is 0.0909. The van der Waals surface area contributed by atoms with Gasteiger partial charge in [-0.25, -0.2) is 9.78 Å². The lowest BCUT2D eigenvalue weighted by Gasteiger charge is -2.06. The van der Waals surface area contributed by atoms with Gasteiger partial charge in [-0.2, -0.15) is 5.10 Å². The van der Waals surface area contributed by atoms with E-state index in [1.807, 2.05) is 0 Å². The van der Waals surface area contributed by atoms with E-state index in [0.29, 0.717) is 5.69 Å². The topological polar surface area (TPSA) is 97.1 Å². The summed E-state index contributed by atoms with van der Waals surface area (Å²) < 4.78 is 1.39. The van der Waals surface area contributed by atoms with Crippen LogP contribution in [0.5, 0.6) is 0 Å². The second kappa shape index (κ2) is 4.66. The minimum absolute atomic E-state index is 0.0104. The van der Waals surface area contributed by atoms with Gasteiger partial charge in [0.1, 0.15) is 17.1 Å². The molecular formula is C11H10N4O3. The fourth-order valence-electron chi connectivity index (χ4n) is 1.45. The van der Waals surface area contributed by atoms with Gasteiger partial charge in [-0.05, 0) is 18.2 Å². The van der Waals surface area contributed by atoms with E-state index >= 15 is 0 Å². The van der Waals surface area contributed by atoms with Gasteiger partial charge in [-0.3, -0.25) is 9.48 Å². The predicted octanol–water partition coefficient (Wildman–Crippen LogP) is 0.766. The third-order valence-electron chi connectivity index (χ3n) is 2.32. The number of rotatable bonds is 3. The van der Waals surface area contributed by atoms with E-state index in [1.165, 1.54) is 35.3 Å². The van der Waals surface area contributed by atoms with Crippen LogP contribution in [0.25, 0.3) is 0 Å². The van der Waals surface area contributed by atoms with Gasteiger partial charge in [0.05, 0.1) is 0 Å². The Kier molecular flexibility index (Phi) is 3.05. The van der Waals surface area contributed by atoms with E-state index in [1.54, 1.807) is 7.05 Å². The average molecular weight is 246 g/mol. The highest BCUT2D eigenvalue weighted by Gasteiger charge is 2.15. The predicted molar refractivity (Wildman–Crippen MR) is 62.4 cm³/mol. The Morgan fingerprint density at radius 1 is 1.33 bits per heavy atom. The number of anilines is 1. The molecule has 0 unspecified atom stereocenters. The highest BCUT2D eigenvalue weighted by molar-refractivity contribution is 6.05. The van der Waals surface area contributed by atoms with Crippen molar-refractivity contribution >= 4 is 17.7 Å². The second-order valence-electron chi connectivity index (χ2n) is 3.50. The first-order valence-electron chi connectivity index (χ1n) is 5.07. The number of aromatic carboxylic acids is 1. The third-order valence-corrected chi connectivity index (χ3v) is 2.32. The number of amides is 1. The van der Waals surface area contributed by atoms with Crippen molar-refractivity contribution in [1.29, 1.82) is 0 Å². The van der Waals surface area contributed by atoms with Gasteiger partial charge in [0, 0.05) is 19.4 Å². The number of nitrogens with one attached hydrogen (secondary N) is 1. The monoisotopic (exact) mass is 246 g/mol. The van der Waals surface area contributed by atoms with E-state index in [-0.39, 0.29) is 11.4 Å². The van der Waals surface area contributed by atoms with Gasteiger partial charge >= 0.3 is 5.97 Å². The molecule has 0 saturated heterocycles. The van der Waals surface area contributed by atoms with E-state index in [2.05, 4.69) is 15.4 Å². The zero-order valence-corrected chi connectivity index (χ0v) is 9.49. The van der Waals surface area contributed by atoms with Gasteiger partial charge in [0.2, 0.25) is 0 Å². The summed E-state index contributed by atoms with van der Waals surface area (Å²) in [4.78, 5) is 26.7. The Balaban J connectivity index is 2.28. The summed E-state index contributed by atoms with van der Waals surface area (Å²) in [6.45, 7) is 0. The van der Waals surface area contributed by atoms with Crippen LogP contribution < -0.4 is 5.32 Å². The van der Waals surface area contributed by atoms with Crippen LogP contribution in [0, 0.1) is 0 Å². The van der Waals surface area contributed by atoms with Crippen LogP contribution in [0.1, 0.15) is 20.8 Å². The van der Waals surface area contributed by atoms with Crippen molar-refractivity contribution in [2.75, 3.05) is 5.32 Å². The lowest BCUT2D eigenvalue weighted by molar-refractivity contribution is 0.0697. The van der Waals surface area contributed by atoms with Crippen molar-refractivity contribution in [3.63, 3.8) is 0 Å². The largest absolute Gasteiger partial charge is 0.478 e. The van der Waals surface area contributed by atoms with Gasteiger partial charge in [-0.1, -0.05) is 0 Å². The van der Waals surface area contributed by atoms with Crippen LogP contribution in [0.15, 0.2) is 30.6 Å². The van der Waals surface area contributed by atoms with E-state index in [0.717, 1.165) is 0 Å². The molecular weight excluding hydrogens is 236 g/mol. The number of hydrogen-bond acceptors (Lipinski definition) is 4. The smallest absolute Gasteiger partial charge is 0.339 e. The molecule has 2 aromatic rings. The molecule has 0 aliphatic heterocycles. The van der Waals surface area contributed by atoms with Crippen LogP contribution in [0.4, 0.5) is 5.82 Å². The minimum atomic E-state index is -1.15. The summed E-state index contributed by atoms with van der Waals surface area (Å²) in [5.41, 5.74) is 0.255. The van der Waals surface area contributed by atoms with Crippen molar-refractivity contribution in [3.8, 4) is 0 Å². The third kappa shape index (κ3) is 2.19. The summed E-state index contributed by atoms with van der Waals surface area (Å²) in [5.74, 6) is -1.60. The van der Waals surface area contributed by atoms with Gasteiger partial charge in [0.15, 0.2) is 0 Å². The number of carboxylic acids is 1. The summed E-state index contributed by atoms with van der Waals surface area (Å²) in [5, 5.41) is 15.3. The highest BCUT2D eigenvalue weighted by Crippen LogP contribution is 2.12. The molecule has 7 nitrogen and oxygen atoms in total. The first-order chi connectivity index (χ1) is 8.59. The molecule has 0 aromatic carbocycles. The molecule has 92 valence electrons. The molecule has 2 aromatic heterocycles. The fourth-order valence-corrected chi connectivity index (χ4v) is 1.45. The van der Waals surface area contributed by atoms with Crippen molar-refractivity contribution < 1.29 is 14.7 Å². The molecule has 0 fully saturated rings. The second-order valence-corrected chi connectivity index (χ2v) is 3.50. The van der Waals surface area contributed by atoms with Crippen LogP contribution in [-0.4, -0.2) is 31.7 Å². The molecule has 0 bridgehead atoms. The van der Waals surface area contributed by atoms with Gasteiger partial charge in [0.25, 0.3) is 5.91 Å². The number of nitrogens with zero attached hydrogens (tertiary/aromatic N) is 3. The summed E-state index contributed by atoms with van der Waals surface area (Å²) in [7, 11) is 1.62. The highest BCUT2D eigenvalue weighted by atomic mass is 16.4. The normalized spacial score (nSPS) is 10.1. The first kappa shape index (κ1) is 11.8. The van der Waals surface area contributed by atoms with Crippen molar-refractivity contribution in [2.24, 2.45) is 7.05 Å². The Morgan fingerprint density at radius 3 is 2.72 bits per heavy atom. The molecule has 2 heterocycles. The van der Waals surface area contributed by atoms with Crippen molar-refractivity contribution in [1.82, 2.24) is 14.8 Å². The van der Waals surface area contributed by atoms with Gasteiger partial charge in [-0.15, -0.1) is 0 Å². The molecule has 0 aliphatic rings. The maximum absolute atomic E-state index is 11.9. The van der Waals surface area contributed by atoms with E-state index in [9.17, 15) is 9.59 Å². The van der Waals surface area contributed by atoms with Crippen molar-refractivity contribution in [2.45, 2.75) is 0 Å². The molecule has 18 heavy (non-hydrogen) atoms. The number of aromatic nitrogens is 3. The number of aryl methyl sites for hydroxylation is 1. The standard InChI is InChI=1S/C11H10N4O3/c1-15-8(4-6-13-15)10(16)14-9-7(11(17)18)3-2-5-12-9/h2-6H,1H3,(H,17,18)(H,12,14,16). The molecule has 0 radical (unpaired) electrons. The zero-order valence-electron chi connectivity index (χ0n) is 9.49. The van der Waals surface area contributed by atoms with E-state index < -0.39 is 11.9 Å². The lowest BCUT2D eigenvalue weighted by Crippen LogP contribution is -2.18. The summed E-state index contributed by atoms with van der Waals surface area (Å²) in [6.07, 6.45) is 2.89. The average Bonchev–Trinajstić information content (AvgIpc) is 2.76. The number of carboxylic acid groups (broad SMARTS) is 1. The molecule has 0 aliphatic carbocycles.